The van der Waals surface area contributed by atoms with Gasteiger partial charge in [-0.3, -0.25) is 4.79 Å². The van der Waals surface area contributed by atoms with Crippen molar-refractivity contribution >= 4 is 5.78 Å². The molecule has 0 amide bonds. The highest BCUT2D eigenvalue weighted by Gasteiger charge is 1.84. The highest BCUT2D eigenvalue weighted by Crippen LogP contribution is 1.99. The second-order valence-electron chi connectivity index (χ2n) is 2.71. The summed E-state index contributed by atoms with van der Waals surface area (Å²) in [4.78, 5) is 9.69. The van der Waals surface area contributed by atoms with E-state index in [4.69, 9.17) is 5.73 Å². The number of aryl methyl sites for hydroxylation is 1. The monoisotopic (exact) mass is 183 g/mol. The van der Waals surface area contributed by atoms with Crippen molar-refractivity contribution in [3.05, 3.63) is 35.6 Å². The predicted octanol–water partition coefficient (Wildman–Crippen LogP) is 1.67. The fourth-order valence-electron chi connectivity index (χ4n) is 0.606. The molecular formula is C10H14FNO. The van der Waals surface area contributed by atoms with Gasteiger partial charge in [0.1, 0.15) is 11.6 Å². The molecule has 3 heteroatoms. The van der Waals surface area contributed by atoms with E-state index in [0.29, 0.717) is 0 Å². The Labute approximate surface area is 77.6 Å². The number of halogens is 1. The number of benzene rings is 1. The van der Waals surface area contributed by atoms with E-state index in [1.54, 1.807) is 6.07 Å². The van der Waals surface area contributed by atoms with E-state index in [2.05, 4.69) is 0 Å². The normalized spacial score (nSPS) is 8.62. The molecule has 0 saturated carbocycles. The van der Waals surface area contributed by atoms with E-state index >= 15 is 0 Å². The van der Waals surface area contributed by atoms with E-state index < -0.39 is 0 Å². The van der Waals surface area contributed by atoms with Crippen LogP contribution in [-0.4, -0.2) is 12.3 Å². The second-order valence-corrected chi connectivity index (χ2v) is 2.71. The third-order valence-corrected chi connectivity index (χ3v) is 1.27. The standard InChI is InChI=1S/C7H7F.C3H7NO/c1-6-3-2-4-7(8)5-6;1-3(5)2-4/h2-5H,1H3;2,4H2,1H3. The fraction of sp³-hybridized carbons (Fsp3) is 0.300. The molecule has 0 unspecified atom stereocenters. The van der Waals surface area contributed by atoms with Gasteiger partial charge >= 0.3 is 0 Å². The highest BCUT2D eigenvalue weighted by atomic mass is 19.1. The molecule has 1 aromatic rings. The zero-order valence-corrected chi connectivity index (χ0v) is 7.88. The molecule has 0 aliphatic heterocycles. The van der Waals surface area contributed by atoms with Gasteiger partial charge in [-0.2, -0.15) is 0 Å². The van der Waals surface area contributed by atoms with Gasteiger partial charge in [0.15, 0.2) is 0 Å². The first-order chi connectivity index (χ1) is 6.06. The van der Waals surface area contributed by atoms with Crippen molar-refractivity contribution in [3.63, 3.8) is 0 Å². The summed E-state index contributed by atoms with van der Waals surface area (Å²) in [5.74, 6) is -0.130. The van der Waals surface area contributed by atoms with Crippen molar-refractivity contribution in [1.29, 1.82) is 0 Å². The number of ketones is 1. The lowest BCUT2D eigenvalue weighted by Crippen LogP contribution is -2.07. The number of carbonyl (C=O) groups is 1. The summed E-state index contributed by atoms with van der Waals surface area (Å²) in [5, 5.41) is 0. The molecule has 0 heterocycles. The van der Waals surface area contributed by atoms with Crippen LogP contribution in [0.25, 0.3) is 0 Å². The van der Waals surface area contributed by atoms with Crippen LogP contribution in [0.2, 0.25) is 0 Å². The molecule has 0 bridgehead atoms. The third kappa shape index (κ3) is 7.15. The SMILES string of the molecule is CC(=O)CN.Cc1cccc(F)c1. The Morgan fingerprint density at radius 3 is 2.31 bits per heavy atom. The molecule has 0 fully saturated rings. The minimum absolute atomic E-state index is 0.0324. The summed E-state index contributed by atoms with van der Waals surface area (Å²) in [6.07, 6.45) is 0. The molecule has 2 nitrogen and oxygen atoms in total. The molecule has 0 atom stereocenters. The van der Waals surface area contributed by atoms with Gasteiger partial charge in [0.25, 0.3) is 0 Å². The van der Waals surface area contributed by atoms with Crippen molar-refractivity contribution in [2.45, 2.75) is 13.8 Å². The molecule has 0 radical (unpaired) electrons. The van der Waals surface area contributed by atoms with Crippen molar-refractivity contribution in [3.8, 4) is 0 Å². The van der Waals surface area contributed by atoms with Gasteiger partial charge in [-0.25, -0.2) is 4.39 Å². The third-order valence-electron chi connectivity index (χ3n) is 1.27. The molecule has 13 heavy (non-hydrogen) atoms. The van der Waals surface area contributed by atoms with E-state index in [1.807, 2.05) is 13.0 Å². The highest BCUT2D eigenvalue weighted by molar-refractivity contribution is 5.77. The maximum atomic E-state index is 12.2. The first-order valence-electron chi connectivity index (χ1n) is 3.98. The molecule has 2 N–H and O–H groups in total. The number of hydrogen-bond donors (Lipinski definition) is 1. The summed E-state index contributed by atoms with van der Waals surface area (Å²) >= 11 is 0. The number of Topliss-reactive ketones (excluding diaryl/α,β-unsaturated/α-hetero) is 1. The van der Waals surface area contributed by atoms with Gasteiger partial charge in [-0.1, -0.05) is 12.1 Å². The average molecular weight is 183 g/mol. The smallest absolute Gasteiger partial charge is 0.143 e. The molecule has 1 aromatic carbocycles. The first-order valence-corrected chi connectivity index (χ1v) is 3.98. The van der Waals surface area contributed by atoms with E-state index in [-0.39, 0.29) is 18.1 Å². The first kappa shape index (κ1) is 11.8. The maximum absolute atomic E-state index is 12.2. The largest absolute Gasteiger partial charge is 0.324 e. The molecule has 0 aromatic heterocycles. The zero-order chi connectivity index (χ0) is 10.3. The average Bonchev–Trinajstić information content (AvgIpc) is 2.05. The van der Waals surface area contributed by atoms with Crippen LogP contribution in [-0.2, 0) is 4.79 Å². The lowest BCUT2D eigenvalue weighted by Gasteiger charge is -1.87. The van der Waals surface area contributed by atoms with Gasteiger partial charge in [-0.05, 0) is 31.5 Å². The number of hydrogen-bond acceptors (Lipinski definition) is 2. The van der Waals surface area contributed by atoms with Crippen LogP contribution in [0.3, 0.4) is 0 Å². The summed E-state index contributed by atoms with van der Waals surface area (Å²) < 4.78 is 12.2. The molecule has 0 aliphatic rings. The topological polar surface area (TPSA) is 43.1 Å². The van der Waals surface area contributed by atoms with Crippen LogP contribution >= 0.6 is 0 Å². The van der Waals surface area contributed by atoms with Gasteiger partial charge in [0.2, 0.25) is 0 Å². The van der Waals surface area contributed by atoms with Crippen molar-refractivity contribution in [1.82, 2.24) is 0 Å². The number of rotatable bonds is 1. The molecule has 72 valence electrons. The van der Waals surface area contributed by atoms with Crippen LogP contribution in [0.4, 0.5) is 4.39 Å². The Balaban J connectivity index is 0.000000252. The Bertz CT molecular complexity index is 256. The Morgan fingerprint density at radius 2 is 2.08 bits per heavy atom. The summed E-state index contributed by atoms with van der Waals surface area (Å²) in [7, 11) is 0. The van der Waals surface area contributed by atoms with E-state index in [9.17, 15) is 9.18 Å². The fourth-order valence-corrected chi connectivity index (χ4v) is 0.606. The van der Waals surface area contributed by atoms with Crippen LogP contribution in [0.15, 0.2) is 24.3 Å². The minimum atomic E-state index is -0.162. The number of nitrogens with two attached hydrogens (primary N) is 1. The van der Waals surface area contributed by atoms with Crippen molar-refractivity contribution in [2.75, 3.05) is 6.54 Å². The maximum Gasteiger partial charge on any atom is 0.143 e. The molecule has 1 rings (SSSR count). The van der Waals surface area contributed by atoms with Crippen molar-refractivity contribution in [2.24, 2.45) is 5.73 Å². The van der Waals surface area contributed by atoms with Gasteiger partial charge in [0, 0.05) is 0 Å². The van der Waals surface area contributed by atoms with Crippen molar-refractivity contribution < 1.29 is 9.18 Å². The van der Waals surface area contributed by atoms with E-state index in [1.165, 1.54) is 19.1 Å². The van der Waals surface area contributed by atoms with Crippen LogP contribution in [0.5, 0.6) is 0 Å². The molecule has 0 saturated heterocycles. The van der Waals surface area contributed by atoms with E-state index in [0.717, 1.165) is 5.56 Å². The summed E-state index contributed by atoms with van der Waals surface area (Å²) in [6.45, 7) is 3.49. The molecular weight excluding hydrogens is 169 g/mol. The quantitative estimate of drug-likeness (QED) is 0.719. The van der Waals surface area contributed by atoms with Gasteiger partial charge in [0.05, 0.1) is 6.54 Å². The summed E-state index contributed by atoms with van der Waals surface area (Å²) in [5.41, 5.74) is 5.78. The Hall–Kier alpha value is -1.22. The minimum Gasteiger partial charge on any atom is -0.324 e. The lowest BCUT2D eigenvalue weighted by molar-refractivity contribution is -0.115. The zero-order valence-electron chi connectivity index (χ0n) is 7.88. The van der Waals surface area contributed by atoms with Crippen LogP contribution in [0.1, 0.15) is 12.5 Å². The molecule has 0 spiro atoms. The Kier molecular flexibility index (Phi) is 5.72. The predicted molar refractivity (Wildman–Crippen MR) is 50.9 cm³/mol. The van der Waals surface area contributed by atoms with Gasteiger partial charge in [-0.15, -0.1) is 0 Å². The van der Waals surface area contributed by atoms with Crippen LogP contribution < -0.4 is 5.73 Å². The van der Waals surface area contributed by atoms with Crippen LogP contribution in [0, 0.1) is 12.7 Å². The lowest BCUT2D eigenvalue weighted by atomic mass is 10.2. The Morgan fingerprint density at radius 1 is 1.54 bits per heavy atom. The number of carbonyl (C=O) groups excluding carboxylic acids is 1. The molecule has 0 aliphatic carbocycles. The summed E-state index contributed by atoms with van der Waals surface area (Å²) in [6, 6.07) is 6.50. The second kappa shape index (κ2) is 6.31. The van der Waals surface area contributed by atoms with Gasteiger partial charge < -0.3 is 5.73 Å².